The van der Waals surface area contributed by atoms with E-state index in [0.717, 1.165) is 6.42 Å². The van der Waals surface area contributed by atoms with Gasteiger partial charge in [0.15, 0.2) is 0 Å². The number of hydrogen-bond donors (Lipinski definition) is 2. The van der Waals surface area contributed by atoms with Gasteiger partial charge in [0.1, 0.15) is 0 Å². The molecule has 0 radical (unpaired) electrons. The molecule has 1 amide bonds. The Morgan fingerprint density at radius 2 is 2.56 bits per heavy atom. The zero-order chi connectivity index (χ0) is 6.85. The predicted molar refractivity (Wildman–Crippen MR) is 32.8 cm³/mol. The van der Waals surface area contributed by atoms with Crippen LogP contribution in [-0.2, 0) is 4.79 Å². The lowest BCUT2D eigenvalue weighted by atomic mass is 10.1. The predicted octanol–water partition coefficient (Wildman–Crippen LogP) is -0.497. The molecule has 2 atom stereocenters. The Labute approximate surface area is 54.1 Å². The Hall–Kier alpha value is -0.570. The standard InChI is InChI=1S/C6H11NO2/c1-4-2-5(3-8)6(9)7-4/h4-5,8H,2-3H2,1H3,(H,7,9). The third kappa shape index (κ3) is 1.21. The van der Waals surface area contributed by atoms with E-state index >= 15 is 0 Å². The molecule has 0 bridgehead atoms. The molecule has 3 heteroatoms. The number of nitrogens with one attached hydrogen (secondary N) is 1. The Bertz CT molecular complexity index is 124. The minimum absolute atomic E-state index is 0.00926. The van der Waals surface area contributed by atoms with Gasteiger partial charge in [0.25, 0.3) is 0 Å². The maximum Gasteiger partial charge on any atom is 0.225 e. The molecule has 0 spiro atoms. The number of aliphatic hydroxyl groups is 1. The maximum absolute atomic E-state index is 10.7. The number of carbonyl (C=O) groups is 1. The summed E-state index contributed by atoms with van der Waals surface area (Å²) in [6, 6.07) is 0.245. The fourth-order valence-corrected chi connectivity index (χ4v) is 1.11. The van der Waals surface area contributed by atoms with E-state index in [4.69, 9.17) is 5.11 Å². The quantitative estimate of drug-likeness (QED) is 0.501. The van der Waals surface area contributed by atoms with Crippen molar-refractivity contribution in [1.82, 2.24) is 5.32 Å². The van der Waals surface area contributed by atoms with Crippen molar-refractivity contribution in [3.63, 3.8) is 0 Å². The summed E-state index contributed by atoms with van der Waals surface area (Å²) in [5, 5.41) is 11.3. The van der Waals surface area contributed by atoms with E-state index in [1.807, 2.05) is 6.92 Å². The molecule has 3 nitrogen and oxygen atoms in total. The van der Waals surface area contributed by atoms with Gasteiger partial charge in [-0.3, -0.25) is 4.79 Å². The molecule has 2 unspecified atom stereocenters. The van der Waals surface area contributed by atoms with E-state index in [1.54, 1.807) is 0 Å². The molecule has 0 aromatic carbocycles. The molecule has 1 rings (SSSR count). The first-order valence-corrected chi connectivity index (χ1v) is 3.15. The number of aliphatic hydroxyl groups excluding tert-OH is 1. The lowest BCUT2D eigenvalue weighted by Crippen LogP contribution is -2.24. The first-order valence-electron chi connectivity index (χ1n) is 3.15. The molecule has 1 aliphatic rings. The topological polar surface area (TPSA) is 49.3 Å². The van der Waals surface area contributed by atoms with Gasteiger partial charge < -0.3 is 10.4 Å². The second-order valence-electron chi connectivity index (χ2n) is 2.52. The van der Waals surface area contributed by atoms with Crippen molar-refractivity contribution in [1.29, 1.82) is 0 Å². The molecule has 0 aromatic heterocycles. The molecule has 1 heterocycles. The lowest BCUT2D eigenvalue weighted by molar-refractivity contribution is -0.123. The average molecular weight is 129 g/mol. The fraction of sp³-hybridized carbons (Fsp3) is 0.833. The molecule has 52 valence electrons. The zero-order valence-corrected chi connectivity index (χ0v) is 5.42. The molecule has 0 aliphatic carbocycles. The van der Waals surface area contributed by atoms with Crippen LogP contribution in [0.25, 0.3) is 0 Å². The highest BCUT2D eigenvalue weighted by molar-refractivity contribution is 5.81. The fourth-order valence-electron chi connectivity index (χ4n) is 1.11. The van der Waals surface area contributed by atoms with Crippen molar-refractivity contribution >= 4 is 5.91 Å². The summed E-state index contributed by atoms with van der Waals surface area (Å²) in [7, 11) is 0. The molecule has 2 N–H and O–H groups in total. The Morgan fingerprint density at radius 3 is 2.78 bits per heavy atom. The Balaban J connectivity index is 2.48. The summed E-state index contributed by atoms with van der Waals surface area (Å²) in [5.74, 6) is -0.162. The highest BCUT2D eigenvalue weighted by Crippen LogP contribution is 2.13. The van der Waals surface area contributed by atoms with E-state index in [9.17, 15) is 4.79 Å². The third-order valence-corrected chi connectivity index (χ3v) is 1.62. The molecule has 1 aliphatic heterocycles. The van der Waals surface area contributed by atoms with Gasteiger partial charge in [-0.1, -0.05) is 0 Å². The van der Waals surface area contributed by atoms with E-state index < -0.39 is 0 Å². The van der Waals surface area contributed by atoms with Crippen molar-refractivity contribution in [3.8, 4) is 0 Å². The van der Waals surface area contributed by atoms with Crippen LogP contribution in [0.5, 0.6) is 0 Å². The molecule has 0 saturated carbocycles. The van der Waals surface area contributed by atoms with Crippen LogP contribution >= 0.6 is 0 Å². The Kier molecular flexibility index (Phi) is 1.71. The van der Waals surface area contributed by atoms with Crippen LogP contribution in [0.3, 0.4) is 0 Å². The number of amides is 1. The first kappa shape index (κ1) is 6.55. The minimum atomic E-state index is -0.153. The van der Waals surface area contributed by atoms with Crippen molar-refractivity contribution in [2.75, 3.05) is 6.61 Å². The third-order valence-electron chi connectivity index (χ3n) is 1.62. The summed E-state index contributed by atoms with van der Waals surface area (Å²) >= 11 is 0. The summed E-state index contributed by atoms with van der Waals surface area (Å²) in [5.41, 5.74) is 0. The van der Waals surface area contributed by atoms with Crippen LogP contribution in [0.4, 0.5) is 0 Å². The van der Waals surface area contributed by atoms with Gasteiger partial charge in [-0.2, -0.15) is 0 Å². The van der Waals surface area contributed by atoms with Gasteiger partial charge in [0.05, 0.1) is 12.5 Å². The van der Waals surface area contributed by atoms with Crippen LogP contribution < -0.4 is 5.32 Å². The van der Waals surface area contributed by atoms with Gasteiger partial charge in [-0.15, -0.1) is 0 Å². The van der Waals surface area contributed by atoms with Gasteiger partial charge in [0.2, 0.25) is 5.91 Å². The maximum atomic E-state index is 10.7. The highest BCUT2D eigenvalue weighted by atomic mass is 16.3. The van der Waals surface area contributed by atoms with Gasteiger partial charge in [0, 0.05) is 6.04 Å². The summed E-state index contributed by atoms with van der Waals surface area (Å²) in [4.78, 5) is 10.7. The number of rotatable bonds is 1. The van der Waals surface area contributed by atoms with Crippen LogP contribution in [-0.4, -0.2) is 23.7 Å². The van der Waals surface area contributed by atoms with Crippen LogP contribution in [0, 0.1) is 5.92 Å². The zero-order valence-electron chi connectivity index (χ0n) is 5.42. The normalized spacial score (nSPS) is 34.7. The molecule has 0 aromatic rings. The van der Waals surface area contributed by atoms with Gasteiger partial charge >= 0.3 is 0 Å². The molecule has 1 fully saturated rings. The van der Waals surface area contributed by atoms with E-state index in [2.05, 4.69) is 5.32 Å². The largest absolute Gasteiger partial charge is 0.396 e. The molecular formula is C6H11NO2. The summed E-state index contributed by atoms with van der Waals surface area (Å²) in [6.45, 7) is 1.92. The summed E-state index contributed by atoms with van der Waals surface area (Å²) < 4.78 is 0. The molecule has 9 heavy (non-hydrogen) atoms. The SMILES string of the molecule is CC1CC(CO)C(=O)N1. The summed E-state index contributed by atoms with van der Waals surface area (Å²) in [6.07, 6.45) is 0.773. The van der Waals surface area contributed by atoms with Crippen molar-refractivity contribution in [3.05, 3.63) is 0 Å². The molecule has 1 saturated heterocycles. The van der Waals surface area contributed by atoms with Crippen molar-refractivity contribution in [2.24, 2.45) is 5.92 Å². The van der Waals surface area contributed by atoms with Crippen molar-refractivity contribution < 1.29 is 9.90 Å². The number of hydrogen-bond acceptors (Lipinski definition) is 2. The van der Waals surface area contributed by atoms with E-state index in [0.29, 0.717) is 0 Å². The van der Waals surface area contributed by atoms with Crippen molar-refractivity contribution in [2.45, 2.75) is 19.4 Å². The Morgan fingerprint density at radius 1 is 1.89 bits per heavy atom. The molecular weight excluding hydrogens is 118 g/mol. The second-order valence-corrected chi connectivity index (χ2v) is 2.52. The van der Waals surface area contributed by atoms with Crippen LogP contribution in [0.2, 0.25) is 0 Å². The average Bonchev–Trinajstić information content (AvgIpc) is 2.10. The number of carbonyl (C=O) groups excluding carboxylic acids is 1. The van der Waals surface area contributed by atoms with E-state index in [-0.39, 0.29) is 24.5 Å². The minimum Gasteiger partial charge on any atom is -0.396 e. The highest BCUT2D eigenvalue weighted by Gasteiger charge is 2.27. The van der Waals surface area contributed by atoms with Gasteiger partial charge in [-0.05, 0) is 13.3 Å². The second kappa shape index (κ2) is 2.35. The lowest BCUT2D eigenvalue weighted by Gasteiger charge is -1.97. The smallest absolute Gasteiger partial charge is 0.225 e. The van der Waals surface area contributed by atoms with Gasteiger partial charge in [-0.25, -0.2) is 0 Å². The first-order chi connectivity index (χ1) is 4.24. The van der Waals surface area contributed by atoms with Crippen LogP contribution in [0.15, 0.2) is 0 Å². The van der Waals surface area contributed by atoms with Crippen LogP contribution in [0.1, 0.15) is 13.3 Å². The van der Waals surface area contributed by atoms with E-state index in [1.165, 1.54) is 0 Å². The monoisotopic (exact) mass is 129 g/mol.